The van der Waals surface area contributed by atoms with Gasteiger partial charge in [-0.05, 0) is 18.9 Å². The van der Waals surface area contributed by atoms with E-state index in [2.05, 4.69) is 10.2 Å². The van der Waals surface area contributed by atoms with E-state index < -0.39 is 0 Å². The molecule has 6 nitrogen and oxygen atoms in total. The standard InChI is InChI=1S/C15H18N2O4/c18-8-11-4-1-2-6-13(11)20-10-14-16-17-15(21-14)12-5-3-7-19-9-12/h1-2,4,6,12,18H,3,5,7-10H2. The van der Waals surface area contributed by atoms with Crippen molar-refractivity contribution >= 4 is 0 Å². The Morgan fingerprint density at radius 1 is 1.29 bits per heavy atom. The third-order valence-corrected chi connectivity index (χ3v) is 3.49. The first-order chi connectivity index (χ1) is 10.4. The summed E-state index contributed by atoms with van der Waals surface area (Å²) in [5.74, 6) is 1.86. The minimum absolute atomic E-state index is 0.0648. The topological polar surface area (TPSA) is 77.6 Å². The van der Waals surface area contributed by atoms with Gasteiger partial charge in [-0.2, -0.15) is 0 Å². The Bertz CT molecular complexity index is 579. The van der Waals surface area contributed by atoms with Gasteiger partial charge in [0.2, 0.25) is 5.89 Å². The first kappa shape index (κ1) is 14.0. The maximum atomic E-state index is 9.24. The molecule has 1 fully saturated rings. The number of nitrogens with zero attached hydrogens (tertiary/aromatic N) is 2. The Hall–Kier alpha value is -1.92. The summed E-state index contributed by atoms with van der Waals surface area (Å²) in [4.78, 5) is 0. The lowest BCUT2D eigenvalue weighted by molar-refractivity contribution is 0.0716. The third-order valence-electron chi connectivity index (χ3n) is 3.49. The first-order valence-electron chi connectivity index (χ1n) is 7.08. The summed E-state index contributed by atoms with van der Waals surface area (Å²) in [6, 6.07) is 7.32. The summed E-state index contributed by atoms with van der Waals surface area (Å²) in [7, 11) is 0. The number of benzene rings is 1. The second kappa shape index (κ2) is 6.69. The number of rotatable bonds is 5. The maximum absolute atomic E-state index is 9.24. The van der Waals surface area contributed by atoms with Crippen LogP contribution in [-0.4, -0.2) is 28.5 Å². The van der Waals surface area contributed by atoms with Crippen molar-refractivity contribution in [3.63, 3.8) is 0 Å². The molecule has 1 N–H and O–H groups in total. The van der Waals surface area contributed by atoms with E-state index in [1.807, 2.05) is 18.2 Å². The highest BCUT2D eigenvalue weighted by Gasteiger charge is 2.22. The van der Waals surface area contributed by atoms with E-state index in [-0.39, 0.29) is 19.1 Å². The zero-order chi connectivity index (χ0) is 14.5. The van der Waals surface area contributed by atoms with E-state index in [4.69, 9.17) is 13.9 Å². The minimum Gasteiger partial charge on any atom is -0.483 e. The average Bonchev–Trinajstić information content (AvgIpc) is 3.03. The number of aliphatic hydroxyl groups excluding tert-OH is 1. The molecule has 2 heterocycles. The number of para-hydroxylation sites is 1. The Labute approximate surface area is 122 Å². The predicted molar refractivity (Wildman–Crippen MR) is 73.8 cm³/mol. The van der Waals surface area contributed by atoms with Crippen molar-refractivity contribution in [2.75, 3.05) is 13.2 Å². The smallest absolute Gasteiger partial charge is 0.253 e. The highest BCUT2D eigenvalue weighted by Crippen LogP contribution is 2.25. The first-order valence-corrected chi connectivity index (χ1v) is 7.08. The third kappa shape index (κ3) is 3.40. The lowest BCUT2D eigenvalue weighted by Crippen LogP contribution is -2.15. The molecule has 0 radical (unpaired) electrons. The van der Waals surface area contributed by atoms with Gasteiger partial charge < -0.3 is 19.0 Å². The maximum Gasteiger partial charge on any atom is 0.253 e. The monoisotopic (exact) mass is 290 g/mol. The molecule has 0 spiro atoms. The van der Waals surface area contributed by atoms with Crippen molar-refractivity contribution in [1.29, 1.82) is 0 Å². The molecule has 21 heavy (non-hydrogen) atoms. The van der Waals surface area contributed by atoms with Crippen molar-refractivity contribution in [3.8, 4) is 5.75 Å². The molecule has 112 valence electrons. The van der Waals surface area contributed by atoms with Crippen LogP contribution >= 0.6 is 0 Å². The van der Waals surface area contributed by atoms with Gasteiger partial charge in [-0.25, -0.2) is 0 Å². The van der Waals surface area contributed by atoms with Crippen LogP contribution in [0, 0.1) is 0 Å². The van der Waals surface area contributed by atoms with Crippen LogP contribution in [0.3, 0.4) is 0 Å². The van der Waals surface area contributed by atoms with E-state index in [0.717, 1.165) is 25.0 Å². The van der Waals surface area contributed by atoms with E-state index >= 15 is 0 Å². The molecular formula is C15H18N2O4. The highest BCUT2D eigenvalue weighted by molar-refractivity contribution is 5.32. The SMILES string of the molecule is OCc1ccccc1OCc1nnc(C2CCCOC2)o1. The molecule has 1 aliphatic heterocycles. The van der Waals surface area contributed by atoms with Gasteiger partial charge in [-0.3, -0.25) is 0 Å². The van der Waals surface area contributed by atoms with Crippen LogP contribution < -0.4 is 4.74 Å². The predicted octanol–water partition coefficient (Wildman–Crippen LogP) is 2.03. The van der Waals surface area contributed by atoms with Crippen LogP contribution in [0.25, 0.3) is 0 Å². The normalized spacial score (nSPS) is 18.6. The van der Waals surface area contributed by atoms with Crippen LogP contribution in [0.1, 0.15) is 36.1 Å². The number of ether oxygens (including phenoxy) is 2. The Balaban J connectivity index is 1.62. The molecular weight excluding hydrogens is 272 g/mol. The van der Waals surface area contributed by atoms with E-state index in [9.17, 15) is 5.11 Å². The number of hydrogen-bond acceptors (Lipinski definition) is 6. The van der Waals surface area contributed by atoms with Gasteiger partial charge in [0.25, 0.3) is 5.89 Å². The largest absolute Gasteiger partial charge is 0.483 e. The second-order valence-electron chi connectivity index (χ2n) is 5.00. The fraction of sp³-hybridized carbons (Fsp3) is 0.467. The Kier molecular flexibility index (Phi) is 4.47. The molecule has 1 atom stereocenters. The lowest BCUT2D eigenvalue weighted by Gasteiger charge is -2.18. The summed E-state index contributed by atoms with van der Waals surface area (Å²) in [6.07, 6.45) is 2.03. The van der Waals surface area contributed by atoms with Crippen LogP contribution in [0.15, 0.2) is 28.7 Å². The summed E-state index contributed by atoms with van der Waals surface area (Å²) in [6.45, 7) is 1.57. The van der Waals surface area contributed by atoms with E-state index in [1.54, 1.807) is 6.07 Å². The van der Waals surface area contributed by atoms with Crippen LogP contribution in [0.2, 0.25) is 0 Å². The van der Waals surface area contributed by atoms with Gasteiger partial charge >= 0.3 is 0 Å². The van der Waals surface area contributed by atoms with Gasteiger partial charge in [-0.15, -0.1) is 10.2 Å². The number of aliphatic hydroxyl groups is 1. The van der Waals surface area contributed by atoms with E-state index in [0.29, 0.717) is 24.1 Å². The van der Waals surface area contributed by atoms with Gasteiger partial charge in [0.05, 0.1) is 19.1 Å². The summed E-state index contributed by atoms with van der Waals surface area (Å²) < 4.78 is 16.7. The second-order valence-corrected chi connectivity index (χ2v) is 5.00. The molecule has 0 bridgehead atoms. The molecule has 0 amide bonds. The fourth-order valence-electron chi connectivity index (χ4n) is 2.34. The Morgan fingerprint density at radius 3 is 3.00 bits per heavy atom. The van der Waals surface area contributed by atoms with Crippen LogP contribution in [0.4, 0.5) is 0 Å². The van der Waals surface area contributed by atoms with Crippen molar-refractivity contribution in [2.24, 2.45) is 0 Å². The zero-order valence-electron chi connectivity index (χ0n) is 11.7. The zero-order valence-corrected chi connectivity index (χ0v) is 11.7. The van der Waals surface area contributed by atoms with Crippen molar-refractivity contribution in [2.45, 2.75) is 32.0 Å². The quantitative estimate of drug-likeness (QED) is 0.908. The number of hydrogen-bond donors (Lipinski definition) is 1. The summed E-state index contributed by atoms with van der Waals surface area (Å²) in [5.41, 5.74) is 0.734. The summed E-state index contributed by atoms with van der Waals surface area (Å²) in [5, 5.41) is 17.3. The lowest BCUT2D eigenvalue weighted by atomic mass is 10.0. The van der Waals surface area contributed by atoms with Crippen molar-refractivity contribution in [3.05, 3.63) is 41.6 Å². The van der Waals surface area contributed by atoms with Gasteiger partial charge in [0.15, 0.2) is 6.61 Å². The van der Waals surface area contributed by atoms with E-state index in [1.165, 1.54) is 0 Å². The Morgan fingerprint density at radius 2 is 2.19 bits per heavy atom. The molecule has 2 aromatic rings. The molecule has 1 aromatic heterocycles. The number of aromatic nitrogens is 2. The van der Waals surface area contributed by atoms with Crippen LogP contribution in [0.5, 0.6) is 5.75 Å². The van der Waals surface area contributed by atoms with Crippen molar-refractivity contribution < 1.29 is 19.0 Å². The molecule has 0 aliphatic carbocycles. The average molecular weight is 290 g/mol. The molecule has 1 aromatic carbocycles. The minimum atomic E-state index is -0.0648. The molecule has 6 heteroatoms. The van der Waals surface area contributed by atoms with Gasteiger partial charge in [0.1, 0.15) is 5.75 Å². The molecule has 1 unspecified atom stereocenters. The van der Waals surface area contributed by atoms with Crippen LogP contribution in [-0.2, 0) is 18.0 Å². The van der Waals surface area contributed by atoms with Gasteiger partial charge in [0, 0.05) is 12.2 Å². The molecule has 3 rings (SSSR count). The molecule has 0 saturated carbocycles. The highest BCUT2D eigenvalue weighted by atomic mass is 16.5. The van der Waals surface area contributed by atoms with Gasteiger partial charge in [-0.1, -0.05) is 18.2 Å². The fourth-order valence-corrected chi connectivity index (χ4v) is 2.34. The summed E-state index contributed by atoms with van der Waals surface area (Å²) >= 11 is 0. The van der Waals surface area contributed by atoms with Crippen molar-refractivity contribution in [1.82, 2.24) is 10.2 Å². The molecule has 1 saturated heterocycles. The molecule has 1 aliphatic rings.